The lowest BCUT2D eigenvalue weighted by Crippen LogP contribution is -2.33. The van der Waals surface area contributed by atoms with Crippen LogP contribution in [0.1, 0.15) is 43.7 Å². The Kier molecular flexibility index (Phi) is 4.81. The number of rotatable bonds is 4. The molecule has 1 aromatic rings. The summed E-state index contributed by atoms with van der Waals surface area (Å²) in [6, 6.07) is 11.0. The summed E-state index contributed by atoms with van der Waals surface area (Å²) < 4.78 is 0. The summed E-state index contributed by atoms with van der Waals surface area (Å²) in [4.78, 5) is 2.07. The average Bonchev–Trinajstić information content (AvgIpc) is 2.46. The second kappa shape index (κ2) is 6.58. The van der Waals surface area contributed by atoms with Gasteiger partial charge in [-0.15, -0.1) is 0 Å². The Hall–Kier alpha value is -1.53. The minimum absolute atomic E-state index is 0.181. The van der Waals surface area contributed by atoms with Crippen molar-refractivity contribution in [3.63, 3.8) is 0 Å². The fraction of sp³-hybridized carbons (Fsp3) is 0.562. The van der Waals surface area contributed by atoms with Crippen LogP contribution in [0.4, 0.5) is 5.69 Å². The van der Waals surface area contributed by atoms with Gasteiger partial charge in [0.25, 0.3) is 0 Å². The monoisotopic (exact) mass is 257 g/mol. The van der Waals surface area contributed by atoms with E-state index in [9.17, 15) is 5.26 Å². The zero-order valence-corrected chi connectivity index (χ0v) is 11.9. The van der Waals surface area contributed by atoms with Crippen LogP contribution in [-0.2, 0) is 0 Å². The van der Waals surface area contributed by atoms with E-state index in [-0.39, 0.29) is 6.04 Å². The van der Waals surface area contributed by atoms with Gasteiger partial charge in [-0.1, -0.05) is 31.4 Å². The van der Waals surface area contributed by atoms with Crippen LogP contribution in [0.2, 0.25) is 0 Å². The van der Waals surface area contributed by atoms with Gasteiger partial charge in [0.15, 0.2) is 0 Å². The quantitative estimate of drug-likeness (QED) is 0.900. The molecule has 1 aliphatic carbocycles. The maximum atomic E-state index is 9.37. The summed E-state index contributed by atoms with van der Waals surface area (Å²) >= 11 is 0. The minimum atomic E-state index is -0.181. The van der Waals surface area contributed by atoms with Gasteiger partial charge in [-0.3, -0.25) is 5.32 Å². The summed E-state index contributed by atoms with van der Waals surface area (Å²) in [5.74, 6) is 0. The molecular formula is C16H23N3. The van der Waals surface area contributed by atoms with Gasteiger partial charge < -0.3 is 4.90 Å². The minimum Gasteiger partial charge on any atom is -0.378 e. The molecule has 1 saturated carbocycles. The van der Waals surface area contributed by atoms with E-state index in [1.54, 1.807) is 0 Å². The predicted octanol–water partition coefficient (Wildman–Crippen LogP) is 3.24. The van der Waals surface area contributed by atoms with E-state index >= 15 is 0 Å². The third-order valence-electron chi connectivity index (χ3n) is 3.88. The number of nitrogens with zero attached hydrogens (tertiary/aromatic N) is 2. The van der Waals surface area contributed by atoms with E-state index < -0.39 is 0 Å². The van der Waals surface area contributed by atoms with Gasteiger partial charge in [0.2, 0.25) is 0 Å². The molecule has 0 saturated heterocycles. The normalized spacial score (nSPS) is 17.7. The van der Waals surface area contributed by atoms with Crippen molar-refractivity contribution >= 4 is 5.69 Å². The van der Waals surface area contributed by atoms with Crippen molar-refractivity contribution in [2.75, 3.05) is 19.0 Å². The van der Waals surface area contributed by atoms with Gasteiger partial charge >= 0.3 is 0 Å². The molecular weight excluding hydrogens is 234 g/mol. The smallest absolute Gasteiger partial charge is 0.121 e. The zero-order valence-electron chi connectivity index (χ0n) is 11.9. The third kappa shape index (κ3) is 3.71. The molecule has 19 heavy (non-hydrogen) atoms. The largest absolute Gasteiger partial charge is 0.378 e. The van der Waals surface area contributed by atoms with Crippen LogP contribution >= 0.6 is 0 Å². The van der Waals surface area contributed by atoms with Gasteiger partial charge in [-0.25, -0.2) is 0 Å². The van der Waals surface area contributed by atoms with Crippen molar-refractivity contribution < 1.29 is 0 Å². The first-order chi connectivity index (χ1) is 9.20. The molecule has 0 spiro atoms. The van der Waals surface area contributed by atoms with E-state index in [1.807, 2.05) is 14.1 Å². The maximum Gasteiger partial charge on any atom is 0.121 e. The molecule has 102 valence electrons. The molecule has 0 amide bonds. The highest BCUT2D eigenvalue weighted by Gasteiger charge is 2.18. The lowest BCUT2D eigenvalue weighted by atomic mass is 9.94. The van der Waals surface area contributed by atoms with Gasteiger partial charge in [-0.05, 0) is 30.5 Å². The van der Waals surface area contributed by atoms with E-state index in [0.29, 0.717) is 6.04 Å². The van der Waals surface area contributed by atoms with Crippen molar-refractivity contribution in [1.82, 2.24) is 5.32 Å². The molecule has 0 aliphatic heterocycles. The number of hydrogen-bond acceptors (Lipinski definition) is 3. The van der Waals surface area contributed by atoms with E-state index in [0.717, 1.165) is 11.3 Å². The zero-order chi connectivity index (χ0) is 13.7. The van der Waals surface area contributed by atoms with Crippen molar-refractivity contribution in [2.24, 2.45) is 0 Å². The molecule has 3 nitrogen and oxygen atoms in total. The first-order valence-electron chi connectivity index (χ1n) is 7.13. The molecule has 0 bridgehead atoms. The summed E-state index contributed by atoms with van der Waals surface area (Å²) in [6.07, 6.45) is 6.32. The van der Waals surface area contributed by atoms with Crippen LogP contribution in [0.15, 0.2) is 24.3 Å². The van der Waals surface area contributed by atoms with Crippen LogP contribution in [0, 0.1) is 11.3 Å². The first kappa shape index (κ1) is 13.9. The molecule has 0 radical (unpaired) electrons. The van der Waals surface area contributed by atoms with Gasteiger partial charge in [-0.2, -0.15) is 5.26 Å². The number of anilines is 1. The van der Waals surface area contributed by atoms with Crippen LogP contribution in [-0.4, -0.2) is 20.1 Å². The van der Waals surface area contributed by atoms with Crippen LogP contribution < -0.4 is 10.2 Å². The Balaban J connectivity index is 2.02. The van der Waals surface area contributed by atoms with Crippen molar-refractivity contribution in [3.8, 4) is 6.07 Å². The lowest BCUT2D eigenvalue weighted by molar-refractivity contribution is 0.360. The molecule has 1 N–H and O–H groups in total. The fourth-order valence-electron chi connectivity index (χ4n) is 2.68. The van der Waals surface area contributed by atoms with E-state index in [1.165, 1.54) is 32.1 Å². The Bertz CT molecular complexity index is 424. The standard InChI is InChI=1S/C16H23N3/c1-19(2)15-10-8-13(9-11-15)16(12-17)18-14-6-4-3-5-7-14/h8-11,14,16,18H,3-7H2,1-2H3. The molecule has 1 unspecified atom stereocenters. The van der Waals surface area contributed by atoms with Crippen molar-refractivity contribution in [3.05, 3.63) is 29.8 Å². The summed E-state index contributed by atoms with van der Waals surface area (Å²) in [6.45, 7) is 0. The number of nitriles is 1. The Morgan fingerprint density at radius 1 is 1.16 bits per heavy atom. The predicted molar refractivity (Wildman–Crippen MR) is 79.1 cm³/mol. The molecule has 1 fully saturated rings. The third-order valence-corrected chi connectivity index (χ3v) is 3.88. The van der Waals surface area contributed by atoms with Gasteiger partial charge in [0, 0.05) is 25.8 Å². The van der Waals surface area contributed by atoms with Crippen molar-refractivity contribution in [1.29, 1.82) is 5.26 Å². The average molecular weight is 257 g/mol. The molecule has 1 atom stereocenters. The SMILES string of the molecule is CN(C)c1ccc(C(C#N)NC2CCCCC2)cc1. The highest BCUT2D eigenvalue weighted by molar-refractivity contribution is 5.47. The van der Waals surface area contributed by atoms with E-state index in [2.05, 4.69) is 40.6 Å². The summed E-state index contributed by atoms with van der Waals surface area (Å²) in [5, 5.41) is 12.9. The lowest BCUT2D eigenvalue weighted by Gasteiger charge is -2.25. The maximum absolute atomic E-state index is 9.37. The van der Waals surface area contributed by atoms with Gasteiger partial charge in [0.05, 0.1) is 6.07 Å². The fourth-order valence-corrected chi connectivity index (χ4v) is 2.68. The second-order valence-electron chi connectivity index (χ2n) is 5.55. The topological polar surface area (TPSA) is 39.1 Å². The van der Waals surface area contributed by atoms with E-state index in [4.69, 9.17) is 0 Å². The molecule has 3 heteroatoms. The van der Waals surface area contributed by atoms with Crippen LogP contribution in [0.3, 0.4) is 0 Å². The Morgan fingerprint density at radius 2 is 1.79 bits per heavy atom. The Labute approximate surface area is 116 Å². The summed E-state index contributed by atoms with van der Waals surface area (Å²) in [5.41, 5.74) is 2.23. The highest BCUT2D eigenvalue weighted by Crippen LogP contribution is 2.22. The molecule has 2 rings (SSSR count). The molecule has 1 aromatic carbocycles. The number of benzene rings is 1. The number of nitrogens with one attached hydrogen (secondary N) is 1. The highest BCUT2D eigenvalue weighted by atomic mass is 15.1. The Morgan fingerprint density at radius 3 is 2.32 bits per heavy atom. The molecule has 1 aliphatic rings. The van der Waals surface area contributed by atoms with Crippen molar-refractivity contribution in [2.45, 2.75) is 44.2 Å². The van der Waals surface area contributed by atoms with Crippen LogP contribution in [0.25, 0.3) is 0 Å². The first-order valence-corrected chi connectivity index (χ1v) is 7.13. The number of hydrogen-bond donors (Lipinski definition) is 1. The summed E-state index contributed by atoms with van der Waals surface area (Å²) in [7, 11) is 4.05. The van der Waals surface area contributed by atoms with Gasteiger partial charge in [0.1, 0.15) is 6.04 Å². The second-order valence-corrected chi connectivity index (χ2v) is 5.55. The molecule has 0 aromatic heterocycles. The molecule has 0 heterocycles. The van der Waals surface area contributed by atoms with Crippen LogP contribution in [0.5, 0.6) is 0 Å².